The Labute approximate surface area is 225 Å². The molecule has 210 valence electrons. The van der Waals surface area contributed by atoms with Crippen LogP contribution in [0.5, 0.6) is 5.75 Å². The summed E-state index contributed by atoms with van der Waals surface area (Å²) in [4.78, 5) is 23.6. The van der Waals surface area contributed by atoms with Gasteiger partial charge in [-0.15, -0.1) is 11.3 Å². The van der Waals surface area contributed by atoms with E-state index < -0.39 is 17.6 Å². The summed E-state index contributed by atoms with van der Waals surface area (Å²) in [5, 5.41) is 0. The minimum Gasteiger partial charge on any atom is -0.491 e. The molecule has 7 nitrogen and oxygen atoms in total. The molecule has 38 heavy (non-hydrogen) atoms. The highest BCUT2D eigenvalue weighted by Gasteiger charge is 2.33. The number of hydrogen-bond donors (Lipinski definition) is 0. The first-order chi connectivity index (χ1) is 17.8. The van der Waals surface area contributed by atoms with Crippen LogP contribution in [0.15, 0.2) is 29.4 Å². The van der Waals surface area contributed by atoms with Crippen LogP contribution in [0.2, 0.25) is 0 Å². The largest absolute Gasteiger partial charge is 0.491 e. The van der Waals surface area contributed by atoms with Crippen LogP contribution in [-0.2, 0) is 22.9 Å². The third-order valence-corrected chi connectivity index (χ3v) is 8.48. The number of amides is 1. The average Bonchev–Trinajstić information content (AvgIpc) is 3.49. The van der Waals surface area contributed by atoms with Crippen LogP contribution >= 0.6 is 11.3 Å². The molecule has 1 aromatic heterocycles. The lowest BCUT2D eigenvalue weighted by Gasteiger charge is -2.37. The molecule has 0 aliphatic carbocycles. The van der Waals surface area contributed by atoms with Crippen LogP contribution in [0.3, 0.4) is 0 Å². The van der Waals surface area contributed by atoms with Crippen molar-refractivity contribution in [3.05, 3.63) is 45.2 Å². The van der Waals surface area contributed by atoms with Crippen molar-refractivity contribution in [2.24, 2.45) is 4.99 Å². The van der Waals surface area contributed by atoms with Crippen molar-refractivity contribution >= 4 is 17.2 Å². The van der Waals surface area contributed by atoms with Crippen molar-refractivity contribution in [3.63, 3.8) is 0 Å². The number of aromatic nitrogens is 1. The molecule has 2 aromatic rings. The fourth-order valence-corrected chi connectivity index (χ4v) is 5.62. The number of alkyl halides is 3. The summed E-state index contributed by atoms with van der Waals surface area (Å²) >= 11 is 1.37. The number of likely N-dealkylation sites (N-methyl/N-ethyl adjacent to an activating group) is 2. The van der Waals surface area contributed by atoms with E-state index in [1.165, 1.54) is 17.4 Å². The van der Waals surface area contributed by atoms with Gasteiger partial charge in [0, 0.05) is 37.3 Å². The fourth-order valence-electron chi connectivity index (χ4n) is 4.57. The van der Waals surface area contributed by atoms with Gasteiger partial charge in [-0.1, -0.05) is 20.8 Å². The summed E-state index contributed by atoms with van der Waals surface area (Å²) in [5.74, 6) is -0.657. The fraction of sp³-hybridized carbons (Fsp3) is 0.630. The summed E-state index contributed by atoms with van der Waals surface area (Å²) < 4.78 is 54.4. The van der Waals surface area contributed by atoms with Crippen LogP contribution in [-0.4, -0.2) is 79.4 Å². The minimum atomic E-state index is -4.60. The first-order valence-corrected chi connectivity index (χ1v) is 13.8. The maximum Gasteiger partial charge on any atom is 0.416 e. The molecule has 0 spiro atoms. The first kappa shape index (κ1) is 28.8. The summed E-state index contributed by atoms with van der Waals surface area (Å²) in [6.07, 6.45) is -0.717. The second-order valence-electron chi connectivity index (χ2n) is 11.2. The number of thiazole rings is 1. The van der Waals surface area contributed by atoms with E-state index in [4.69, 9.17) is 9.47 Å². The number of benzene rings is 1. The third kappa shape index (κ3) is 7.05. The molecule has 2 aliphatic heterocycles. The lowest BCUT2D eigenvalue weighted by Crippen LogP contribution is -2.52. The highest BCUT2D eigenvalue weighted by molar-refractivity contribution is 7.09. The molecule has 0 N–H and O–H groups in total. The Morgan fingerprint density at radius 3 is 2.63 bits per heavy atom. The van der Waals surface area contributed by atoms with Crippen LogP contribution < -0.4 is 9.54 Å². The molecular weight excluding hydrogens is 517 g/mol. The molecule has 1 amide bonds. The van der Waals surface area contributed by atoms with Gasteiger partial charge in [-0.3, -0.25) is 9.69 Å². The van der Waals surface area contributed by atoms with Crippen LogP contribution in [0.4, 0.5) is 13.2 Å². The van der Waals surface area contributed by atoms with Gasteiger partial charge in [0.15, 0.2) is 4.80 Å². The number of rotatable bonds is 6. The summed E-state index contributed by atoms with van der Waals surface area (Å²) in [7, 11) is 4.01. The molecule has 4 rings (SSSR count). The molecule has 2 fully saturated rings. The maximum absolute atomic E-state index is 13.6. The van der Waals surface area contributed by atoms with E-state index >= 15 is 0 Å². The Bertz CT molecular complexity index is 1200. The Morgan fingerprint density at radius 2 is 1.97 bits per heavy atom. The van der Waals surface area contributed by atoms with Crippen molar-refractivity contribution in [2.75, 3.05) is 46.9 Å². The van der Waals surface area contributed by atoms with E-state index in [2.05, 4.69) is 35.6 Å². The smallest absolute Gasteiger partial charge is 0.416 e. The minimum absolute atomic E-state index is 0.0181. The van der Waals surface area contributed by atoms with Crippen molar-refractivity contribution < 1.29 is 27.4 Å². The number of nitrogens with zero attached hydrogens (tertiary/aromatic N) is 4. The standard InChI is InChI=1S/C27H37F3N4O3S/c1-26(2,3)23-16-34(15-20-7-6-12-36-20)25(38-23)31-24(35)21-13-18(27(28,29)30)8-9-22(21)37-17-19-14-32(4)10-11-33(19)5/h8-9,13,16,19-20H,6-7,10-12,14-15,17H2,1-5H3/t19?,20-/m0/s1. The molecule has 1 aromatic carbocycles. The molecule has 1 unspecified atom stereocenters. The van der Waals surface area contributed by atoms with Gasteiger partial charge in [0.05, 0.1) is 29.8 Å². The van der Waals surface area contributed by atoms with Crippen molar-refractivity contribution in [3.8, 4) is 5.75 Å². The molecule has 2 atom stereocenters. The highest BCUT2D eigenvalue weighted by atomic mass is 32.1. The third-order valence-electron chi connectivity index (χ3n) is 7.03. The van der Waals surface area contributed by atoms with Gasteiger partial charge in [-0.25, -0.2) is 0 Å². The lowest BCUT2D eigenvalue weighted by molar-refractivity contribution is -0.137. The molecule has 0 bridgehead atoms. The van der Waals surface area contributed by atoms with E-state index in [1.807, 2.05) is 24.9 Å². The monoisotopic (exact) mass is 554 g/mol. The second-order valence-corrected chi connectivity index (χ2v) is 12.3. The predicted octanol–water partition coefficient (Wildman–Crippen LogP) is 4.41. The summed E-state index contributed by atoms with van der Waals surface area (Å²) in [6, 6.07) is 3.08. The number of carbonyl (C=O) groups is 1. The SMILES string of the molecule is CN1CCN(C)C(COc2ccc(C(F)(F)F)cc2C(=O)N=c2sc(C(C)(C)C)cn2C[C@@H]2CCCO2)C1. The number of hydrogen-bond acceptors (Lipinski definition) is 6. The Balaban J connectivity index is 1.68. The van der Waals surface area contributed by atoms with Gasteiger partial charge in [0.25, 0.3) is 5.91 Å². The number of halogens is 3. The van der Waals surface area contributed by atoms with Gasteiger partial charge in [-0.05, 0) is 50.6 Å². The van der Waals surface area contributed by atoms with Crippen molar-refractivity contribution in [2.45, 2.75) is 63.9 Å². The van der Waals surface area contributed by atoms with Crippen LogP contribution in [0.1, 0.15) is 54.4 Å². The maximum atomic E-state index is 13.6. The Kier molecular flexibility index (Phi) is 8.71. The molecule has 11 heteroatoms. The van der Waals surface area contributed by atoms with Gasteiger partial charge in [0.2, 0.25) is 0 Å². The topological polar surface area (TPSA) is 59.3 Å². The molecular formula is C27H37F3N4O3S. The van der Waals surface area contributed by atoms with Gasteiger partial charge in [0.1, 0.15) is 12.4 Å². The van der Waals surface area contributed by atoms with Gasteiger partial charge >= 0.3 is 6.18 Å². The second kappa shape index (κ2) is 11.5. The number of carbonyl (C=O) groups excluding carboxylic acids is 1. The van der Waals surface area contributed by atoms with Gasteiger partial charge < -0.3 is 18.9 Å². The van der Waals surface area contributed by atoms with Crippen molar-refractivity contribution in [1.82, 2.24) is 14.4 Å². The van der Waals surface area contributed by atoms with E-state index in [-0.39, 0.29) is 35.5 Å². The van der Waals surface area contributed by atoms with E-state index in [1.54, 1.807) is 0 Å². The molecule has 3 heterocycles. The van der Waals surface area contributed by atoms with E-state index in [0.29, 0.717) is 18.0 Å². The van der Waals surface area contributed by atoms with Crippen LogP contribution in [0.25, 0.3) is 0 Å². The average molecular weight is 555 g/mol. The quantitative estimate of drug-likeness (QED) is 0.530. The molecule has 2 aliphatic rings. The van der Waals surface area contributed by atoms with Gasteiger partial charge in [-0.2, -0.15) is 18.2 Å². The summed E-state index contributed by atoms with van der Waals surface area (Å²) in [5.41, 5.74) is -1.28. The lowest BCUT2D eigenvalue weighted by atomic mass is 9.95. The van der Waals surface area contributed by atoms with E-state index in [9.17, 15) is 18.0 Å². The zero-order valence-corrected chi connectivity index (χ0v) is 23.5. The van der Waals surface area contributed by atoms with E-state index in [0.717, 1.165) is 49.5 Å². The van der Waals surface area contributed by atoms with Crippen LogP contribution in [0, 0.1) is 0 Å². The molecule has 0 radical (unpaired) electrons. The first-order valence-electron chi connectivity index (χ1n) is 13.0. The summed E-state index contributed by atoms with van der Waals surface area (Å²) in [6.45, 7) is 10.2. The predicted molar refractivity (Wildman–Crippen MR) is 141 cm³/mol. The zero-order valence-electron chi connectivity index (χ0n) is 22.7. The molecule has 0 saturated carbocycles. The Hall–Kier alpha value is -2.21. The number of piperazine rings is 1. The highest BCUT2D eigenvalue weighted by Crippen LogP contribution is 2.33. The number of ether oxygens (including phenoxy) is 2. The van der Waals surface area contributed by atoms with Crippen molar-refractivity contribution in [1.29, 1.82) is 0 Å². The Morgan fingerprint density at radius 1 is 1.21 bits per heavy atom. The zero-order chi connectivity index (χ0) is 27.7. The normalized spacial score (nSPS) is 22.3. The molecule has 2 saturated heterocycles.